The van der Waals surface area contributed by atoms with E-state index in [9.17, 15) is 13.6 Å². The zero-order valence-electron chi connectivity index (χ0n) is 11.7. The highest BCUT2D eigenvalue weighted by molar-refractivity contribution is 6.30. The summed E-state index contributed by atoms with van der Waals surface area (Å²) in [5.41, 5.74) is 0.875. The number of rotatable bonds is 5. The van der Waals surface area contributed by atoms with Gasteiger partial charge in [0.1, 0.15) is 11.6 Å². The first-order valence-electron chi connectivity index (χ1n) is 6.75. The third-order valence-corrected chi connectivity index (χ3v) is 3.34. The van der Waals surface area contributed by atoms with Crippen LogP contribution in [0.2, 0.25) is 5.02 Å². The number of hydrogen-bond donors (Lipinski definition) is 2. The van der Waals surface area contributed by atoms with E-state index in [0.717, 1.165) is 5.56 Å². The molecule has 0 atom stereocenters. The van der Waals surface area contributed by atoms with Crippen molar-refractivity contribution >= 4 is 17.6 Å². The highest BCUT2D eigenvalue weighted by Gasteiger charge is 2.08. The van der Waals surface area contributed by atoms with Gasteiger partial charge in [0.05, 0.1) is 0 Å². The Kier molecular flexibility index (Phi) is 5.72. The van der Waals surface area contributed by atoms with Gasteiger partial charge in [0.2, 0.25) is 0 Å². The molecule has 3 nitrogen and oxygen atoms in total. The van der Waals surface area contributed by atoms with Gasteiger partial charge in [0.15, 0.2) is 0 Å². The number of benzene rings is 2. The Hall–Kier alpha value is -2.14. The molecular weight excluding hydrogens is 310 g/mol. The first kappa shape index (κ1) is 16.2. The standard InChI is InChI=1S/C16H15ClF2N2O/c17-12-6-4-11(5-7-12)10-21-16(22)20-9-8-13-14(18)2-1-3-15(13)19/h1-7H,8-10H2,(H2,20,21,22). The van der Waals surface area contributed by atoms with Crippen LogP contribution in [-0.2, 0) is 13.0 Å². The number of halogens is 3. The molecule has 0 radical (unpaired) electrons. The number of hydrogen-bond acceptors (Lipinski definition) is 1. The van der Waals surface area contributed by atoms with Crippen molar-refractivity contribution in [2.45, 2.75) is 13.0 Å². The number of urea groups is 1. The van der Waals surface area contributed by atoms with E-state index in [4.69, 9.17) is 11.6 Å². The summed E-state index contributed by atoms with van der Waals surface area (Å²) < 4.78 is 26.8. The van der Waals surface area contributed by atoms with E-state index in [0.29, 0.717) is 11.6 Å². The molecule has 0 aliphatic heterocycles. The minimum atomic E-state index is -0.608. The molecule has 0 spiro atoms. The maximum Gasteiger partial charge on any atom is 0.315 e. The molecule has 6 heteroatoms. The molecule has 2 amide bonds. The molecule has 0 aliphatic rings. The van der Waals surface area contributed by atoms with Crippen molar-refractivity contribution in [1.29, 1.82) is 0 Å². The van der Waals surface area contributed by atoms with Gasteiger partial charge in [-0.05, 0) is 36.2 Å². The molecule has 116 valence electrons. The summed E-state index contributed by atoms with van der Waals surface area (Å²) in [6.45, 7) is 0.487. The summed E-state index contributed by atoms with van der Waals surface area (Å²) in [5, 5.41) is 5.84. The van der Waals surface area contributed by atoms with Crippen molar-refractivity contribution in [2.75, 3.05) is 6.54 Å². The van der Waals surface area contributed by atoms with Crippen LogP contribution in [0.5, 0.6) is 0 Å². The summed E-state index contributed by atoms with van der Waals surface area (Å²) in [6, 6.07) is 10.4. The maximum absolute atomic E-state index is 13.4. The molecule has 0 bridgehead atoms. The average Bonchev–Trinajstić information content (AvgIpc) is 2.50. The topological polar surface area (TPSA) is 41.1 Å². The Bertz CT molecular complexity index is 627. The second kappa shape index (κ2) is 7.75. The summed E-state index contributed by atoms with van der Waals surface area (Å²) in [5.74, 6) is -1.22. The van der Waals surface area contributed by atoms with E-state index < -0.39 is 17.7 Å². The van der Waals surface area contributed by atoms with Crippen LogP contribution in [0.1, 0.15) is 11.1 Å². The van der Waals surface area contributed by atoms with Crippen LogP contribution >= 0.6 is 11.6 Å². The minimum Gasteiger partial charge on any atom is -0.338 e. The quantitative estimate of drug-likeness (QED) is 0.866. The van der Waals surface area contributed by atoms with Gasteiger partial charge >= 0.3 is 6.03 Å². The molecule has 2 aromatic carbocycles. The van der Waals surface area contributed by atoms with Crippen molar-refractivity contribution in [2.24, 2.45) is 0 Å². The summed E-state index contributed by atoms with van der Waals surface area (Å²) >= 11 is 5.77. The lowest BCUT2D eigenvalue weighted by atomic mass is 10.1. The summed E-state index contributed by atoms with van der Waals surface area (Å²) in [7, 11) is 0. The SMILES string of the molecule is O=C(NCCc1c(F)cccc1F)NCc1ccc(Cl)cc1. The van der Waals surface area contributed by atoms with Crippen LogP contribution in [0.4, 0.5) is 13.6 Å². The molecule has 0 saturated heterocycles. The first-order chi connectivity index (χ1) is 10.6. The van der Waals surface area contributed by atoms with Crippen LogP contribution in [0.15, 0.2) is 42.5 Å². The van der Waals surface area contributed by atoms with Gasteiger partial charge in [0, 0.05) is 23.7 Å². The highest BCUT2D eigenvalue weighted by Crippen LogP contribution is 2.12. The van der Waals surface area contributed by atoms with Crippen LogP contribution in [0.3, 0.4) is 0 Å². The number of amides is 2. The normalized spacial score (nSPS) is 10.3. The molecular formula is C16H15ClF2N2O. The largest absolute Gasteiger partial charge is 0.338 e. The fourth-order valence-electron chi connectivity index (χ4n) is 1.92. The lowest BCUT2D eigenvalue weighted by Crippen LogP contribution is -2.36. The Morgan fingerprint density at radius 3 is 2.27 bits per heavy atom. The fraction of sp³-hybridized carbons (Fsp3) is 0.188. The lowest BCUT2D eigenvalue weighted by molar-refractivity contribution is 0.240. The highest BCUT2D eigenvalue weighted by atomic mass is 35.5. The third kappa shape index (κ3) is 4.70. The predicted molar refractivity (Wildman–Crippen MR) is 81.8 cm³/mol. The smallest absolute Gasteiger partial charge is 0.315 e. The molecule has 0 aromatic heterocycles. The molecule has 22 heavy (non-hydrogen) atoms. The minimum absolute atomic E-state index is 0.0273. The molecule has 0 aliphatic carbocycles. The zero-order valence-corrected chi connectivity index (χ0v) is 12.5. The second-order valence-electron chi connectivity index (χ2n) is 4.69. The van der Waals surface area contributed by atoms with E-state index in [1.54, 1.807) is 24.3 Å². The monoisotopic (exact) mass is 324 g/mol. The molecule has 2 aromatic rings. The predicted octanol–water partition coefficient (Wildman–Crippen LogP) is 3.66. The van der Waals surface area contributed by atoms with Gasteiger partial charge in [-0.2, -0.15) is 0 Å². The summed E-state index contributed by atoms with van der Waals surface area (Å²) in [4.78, 5) is 11.6. The molecule has 2 rings (SSSR count). The van der Waals surface area contributed by atoms with E-state index >= 15 is 0 Å². The van der Waals surface area contributed by atoms with Crippen LogP contribution < -0.4 is 10.6 Å². The molecule has 0 saturated carbocycles. The lowest BCUT2D eigenvalue weighted by Gasteiger charge is -2.09. The van der Waals surface area contributed by atoms with Crippen LogP contribution in [0, 0.1) is 11.6 Å². The zero-order chi connectivity index (χ0) is 15.9. The molecule has 0 fully saturated rings. The Labute approximate surface area is 132 Å². The molecule has 0 heterocycles. The van der Waals surface area contributed by atoms with Gasteiger partial charge in [-0.1, -0.05) is 29.8 Å². The van der Waals surface area contributed by atoms with Gasteiger partial charge < -0.3 is 10.6 Å². The van der Waals surface area contributed by atoms with Gasteiger partial charge in [-0.25, -0.2) is 13.6 Å². The van der Waals surface area contributed by atoms with Crippen LogP contribution in [0.25, 0.3) is 0 Å². The van der Waals surface area contributed by atoms with Gasteiger partial charge in [0.25, 0.3) is 0 Å². The summed E-state index contributed by atoms with van der Waals surface area (Å²) in [6.07, 6.45) is 0.0902. The van der Waals surface area contributed by atoms with Crippen molar-refractivity contribution in [3.8, 4) is 0 Å². The second-order valence-corrected chi connectivity index (χ2v) is 5.12. The van der Waals surface area contributed by atoms with E-state index in [-0.39, 0.29) is 18.5 Å². The van der Waals surface area contributed by atoms with E-state index in [2.05, 4.69) is 10.6 Å². The van der Waals surface area contributed by atoms with Crippen molar-refractivity contribution in [3.05, 3.63) is 70.2 Å². The third-order valence-electron chi connectivity index (χ3n) is 3.09. The van der Waals surface area contributed by atoms with Gasteiger partial charge in [-0.15, -0.1) is 0 Å². The van der Waals surface area contributed by atoms with Gasteiger partial charge in [-0.3, -0.25) is 0 Å². The van der Waals surface area contributed by atoms with Crippen molar-refractivity contribution in [1.82, 2.24) is 10.6 Å². The van der Waals surface area contributed by atoms with E-state index in [1.807, 2.05) is 0 Å². The Morgan fingerprint density at radius 2 is 1.64 bits per heavy atom. The van der Waals surface area contributed by atoms with Crippen molar-refractivity contribution < 1.29 is 13.6 Å². The number of carbonyl (C=O) groups is 1. The number of carbonyl (C=O) groups excluding carboxylic acids is 1. The number of nitrogens with one attached hydrogen (secondary N) is 2. The fourth-order valence-corrected chi connectivity index (χ4v) is 2.05. The Morgan fingerprint density at radius 1 is 1.00 bits per heavy atom. The molecule has 0 unspecified atom stereocenters. The molecule has 2 N–H and O–H groups in total. The van der Waals surface area contributed by atoms with E-state index in [1.165, 1.54) is 18.2 Å². The van der Waals surface area contributed by atoms with Crippen LogP contribution in [-0.4, -0.2) is 12.6 Å². The average molecular weight is 325 g/mol. The Balaban J connectivity index is 1.75. The first-order valence-corrected chi connectivity index (χ1v) is 7.13. The van der Waals surface area contributed by atoms with Crippen molar-refractivity contribution in [3.63, 3.8) is 0 Å². The maximum atomic E-state index is 13.4.